The van der Waals surface area contributed by atoms with Crippen molar-refractivity contribution in [3.05, 3.63) is 0 Å². The Morgan fingerprint density at radius 2 is 2.00 bits per heavy atom. The van der Waals surface area contributed by atoms with Crippen LogP contribution >= 0.6 is 0 Å². The first-order valence-corrected chi connectivity index (χ1v) is 6.21. The van der Waals surface area contributed by atoms with E-state index in [2.05, 4.69) is 24.1 Å². The minimum absolute atomic E-state index is 0.681. The van der Waals surface area contributed by atoms with E-state index in [0.29, 0.717) is 6.04 Å². The third kappa shape index (κ3) is 2.96. The van der Waals surface area contributed by atoms with E-state index in [-0.39, 0.29) is 0 Å². The molecular formula is C12H24N2. The Balaban J connectivity index is 1.56. The van der Waals surface area contributed by atoms with Crippen molar-refractivity contribution in [2.24, 2.45) is 11.8 Å². The molecule has 0 aromatic carbocycles. The lowest BCUT2D eigenvalue weighted by atomic mass is 10.2. The van der Waals surface area contributed by atoms with Crippen LogP contribution in [0.3, 0.4) is 0 Å². The van der Waals surface area contributed by atoms with E-state index in [1.165, 1.54) is 45.4 Å². The molecule has 0 bridgehead atoms. The van der Waals surface area contributed by atoms with Crippen LogP contribution in [-0.2, 0) is 0 Å². The van der Waals surface area contributed by atoms with Crippen LogP contribution < -0.4 is 5.32 Å². The van der Waals surface area contributed by atoms with E-state index in [4.69, 9.17) is 0 Å². The van der Waals surface area contributed by atoms with Crippen molar-refractivity contribution in [2.75, 3.05) is 26.2 Å². The lowest BCUT2D eigenvalue weighted by molar-refractivity contribution is 0.297. The summed E-state index contributed by atoms with van der Waals surface area (Å²) in [6.45, 7) is 9.83. The summed E-state index contributed by atoms with van der Waals surface area (Å²) in [5, 5.41) is 3.66. The van der Waals surface area contributed by atoms with E-state index >= 15 is 0 Å². The van der Waals surface area contributed by atoms with Gasteiger partial charge in [-0.2, -0.15) is 0 Å². The fraction of sp³-hybridized carbons (Fsp3) is 1.00. The highest BCUT2D eigenvalue weighted by Gasteiger charge is 2.32. The summed E-state index contributed by atoms with van der Waals surface area (Å²) >= 11 is 0. The molecule has 1 aliphatic carbocycles. The second kappa shape index (κ2) is 4.63. The van der Waals surface area contributed by atoms with Crippen molar-refractivity contribution in [1.82, 2.24) is 10.2 Å². The third-order valence-electron chi connectivity index (χ3n) is 3.74. The van der Waals surface area contributed by atoms with E-state index < -0.39 is 0 Å². The van der Waals surface area contributed by atoms with Crippen LogP contribution in [0, 0.1) is 11.8 Å². The normalized spacial score (nSPS) is 34.7. The Labute approximate surface area is 88.1 Å². The molecule has 2 heteroatoms. The van der Waals surface area contributed by atoms with Gasteiger partial charge in [0.2, 0.25) is 0 Å². The van der Waals surface area contributed by atoms with Gasteiger partial charge in [0.15, 0.2) is 0 Å². The van der Waals surface area contributed by atoms with E-state index in [1.807, 2.05) is 0 Å². The number of rotatable bonds is 5. The zero-order chi connectivity index (χ0) is 9.97. The largest absolute Gasteiger partial charge is 0.313 e. The average molecular weight is 196 g/mol. The number of nitrogens with zero attached hydrogens (tertiary/aromatic N) is 1. The first-order valence-electron chi connectivity index (χ1n) is 6.21. The maximum Gasteiger partial charge on any atom is 0.0166 e. The summed E-state index contributed by atoms with van der Waals surface area (Å²) in [7, 11) is 0. The van der Waals surface area contributed by atoms with Gasteiger partial charge in [0.1, 0.15) is 0 Å². The van der Waals surface area contributed by atoms with Gasteiger partial charge in [-0.25, -0.2) is 0 Å². The van der Waals surface area contributed by atoms with Gasteiger partial charge in [0, 0.05) is 12.6 Å². The molecule has 2 nitrogen and oxygen atoms in total. The van der Waals surface area contributed by atoms with Gasteiger partial charge < -0.3 is 10.2 Å². The molecule has 1 heterocycles. The topological polar surface area (TPSA) is 15.3 Å². The van der Waals surface area contributed by atoms with Crippen molar-refractivity contribution in [2.45, 2.75) is 39.2 Å². The molecule has 1 saturated heterocycles. The number of likely N-dealkylation sites (tertiary alicyclic amines) is 1. The molecule has 0 amide bonds. The van der Waals surface area contributed by atoms with Gasteiger partial charge in [-0.05, 0) is 57.7 Å². The third-order valence-corrected chi connectivity index (χ3v) is 3.74. The smallest absolute Gasteiger partial charge is 0.0166 e. The van der Waals surface area contributed by atoms with E-state index in [1.54, 1.807) is 0 Å². The Morgan fingerprint density at radius 3 is 2.57 bits per heavy atom. The summed E-state index contributed by atoms with van der Waals surface area (Å²) in [4.78, 5) is 2.59. The summed E-state index contributed by atoms with van der Waals surface area (Å²) in [5.74, 6) is 1.97. The zero-order valence-corrected chi connectivity index (χ0v) is 9.63. The molecule has 3 atom stereocenters. The maximum absolute atomic E-state index is 3.66. The molecule has 2 aliphatic rings. The standard InChI is InChI=1S/C12H24N2/c1-10-7-12(10)8-13-11(2)9-14-5-3-4-6-14/h10-13H,3-9H2,1-2H3. The van der Waals surface area contributed by atoms with Crippen LogP contribution in [0.25, 0.3) is 0 Å². The van der Waals surface area contributed by atoms with E-state index in [9.17, 15) is 0 Å². The Morgan fingerprint density at radius 1 is 1.36 bits per heavy atom. The first kappa shape index (κ1) is 10.4. The van der Waals surface area contributed by atoms with Gasteiger partial charge in [0.05, 0.1) is 0 Å². The minimum Gasteiger partial charge on any atom is -0.313 e. The van der Waals surface area contributed by atoms with Crippen LogP contribution in [0.1, 0.15) is 33.1 Å². The molecule has 3 unspecified atom stereocenters. The Hall–Kier alpha value is -0.0800. The van der Waals surface area contributed by atoms with E-state index in [0.717, 1.165) is 11.8 Å². The van der Waals surface area contributed by atoms with Crippen molar-refractivity contribution in [3.63, 3.8) is 0 Å². The van der Waals surface area contributed by atoms with Gasteiger partial charge in [0.25, 0.3) is 0 Å². The summed E-state index contributed by atoms with van der Waals surface area (Å²) in [5.41, 5.74) is 0. The zero-order valence-electron chi connectivity index (χ0n) is 9.63. The van der Waals surface area contributed by atoms with Gasteiger partial charge >= 0.3 is 0 Å². The highest BCUT2D eigenvalue weighted by atomic mass is 15.2. The molecule has 82 valence electrons. The molecule has 1 saturated carbocycles. The van der Waals surface area contributed by atoms with Crippen molar-refractivity contribution < 1.29 is 0 Å². The molecular weight excluding hydrogens is 172 g/mol. The summed E-state index contributed by atoms with van der Waals surface area (Å²) < 4.78 is 0. The number of nitrogens with one attached hydrogen (secondary N) is 1. The van der Waals surface area contributed by atoms with Crippen molar-refractivity contribution >= 4 is 0 Å². The fourth-order valence-electron chi connectivity index (χ4n) is 2.45. The minimum atomic E-state index is 0.681. The van der Waals surface area contributed by atoms with Crippen LogP contribution in [-0.4, -0.2) is 37.1 Å². The van der Waals surface area contributed by atoms with Crippen LogP contribution in [0.15, 0.2) is 0 Å². The van der Waals surface area contributed by atoms with Gasteiger partial charge in [-0.3, -0.25) is 0 Å². The predicted octanol–water partition coefficient (Wildman–Crippen LogP) is 1.72. The van der Waals surface area contributed by atoms with Crippen molar-refractivity contribution in [1.29, 1.82) is 0 Å². The quantitative estimate of drug-likeness (QED) is 0.720. The maximum atomic E-state index is 3.66. The molecule has 1 aliphatic heterocycles. The molecule has 0 spiro atoms. The summed E-state index contributed by atoms with van der Waals surface area (Å²) in [6.07, 6.45) is 4.27. The highest BCUT2D eigenvalue weighted by molar-refractivity contribution is 4.85. The lowest BCUT2D eigenvalue weighted by Gasteiger charge is -2.21. The lowest BCUT2D eigenvalue weighted by Crippen LogP contribution is -2.38. The molecule has 0 radical (unpaired) electrons. The van der Waals surface area contributed by atoms with Crippen LogP contribution in [0.4, 0.5) is 0 Å². The molecule has 2 rings (SSSR count). The first-order chi connectivity index (χ1) is 6.75. The van der Waals surface area contributed by atoms with Gasteiger partial charge in [-0.15, -0.1) is 0 Å². The summed E-state index contributed by atoms with van der Waals surface area (Å²) in [6, 6.07) is 0.681. The fourth-order valence-corrected chi connectivity index (χ4v) is 2.45. The highest BCUT2D eigenvalue weighted by Crippen LogP contribution is 2.36. The predicted molar refractivity (Wildman–Crippen MR) is 60.4 cm³/mol. The van der Waals surface area contributed by atoms with Crippen LogP contribution in [0.2, 0.25) is 0 Å². The second-order valence-electron chi connectivity index (χ2n) is 5.29. The molecule has 14 heavy (non-hydrogen) atoms. The SMILES string of the molecule is CC(CN1CCCC1)NCC1CC1C. The molecule has 0 aromatic rings. The monoisotopic (exact) mass is 196 g/mol. The Kier molecular flexibility index (Phi) is 3.45. The molecule has 0 aromatic heterocycles. The number of hydrogen-bond acceptors (Lipinski definition) is 2. The van der Waals surface area contributed by atoms with Crippen LogP contribution in [0.5, 0.6) is 0 Å². The van der Waals surface area contributed by atoms with Crippen molar-refractivity contribution in [3.8, 4) is 0 Å². The number of hydrogen-bond donors (Lipinski definition) is 1. The van der Waals surface area contributed by atoms with Gasteiger partial charge in [-0.1, -0.05) is 6.92 Å². The Bertz CT molecular complexity index is 175. The molecule has 2 fully saturated rings. The second-order valence-corrected chi connectivity index (χ2v) is 5.29. The average Bonchev–Trinajstić information content (AvgIpc) is 2.65. The molecule has 1 N–H and O–H groups in total.